The fourth-order valence-corrected chi connectivity index (χ4v) is 3.31. The van der Waals surface area contributed by atoms with Crippen molar-refractivity contribution in [3.05, 3.63) is 47.0 Å². The summed E-state index contributed by atoms with van der Waals surface area (Å²) in [4.78, 5) is 4.79. The molecule has 0 saturated carbocycles. The van der Waals surface area contributed by atoms with Crippen molar-refractivity contribution in [2.75, 3.05) is 27.3 Å². The van der Waals surface area contributed by atoms with Gasteiger partial charge in [0.05, 0.1) is 6.67 Å². The summed E-state index contributed by atoms with van der Waals surface area (Å²) in [5.41, 5.74) is 4.62. The van der Waals surface area contributed by atoms with Crippen LogP contribution in [0.2, 0.25) is 0 Å². The fraction of sp³-hybridized carbons (Fsp3) is 0.474. The Morgan fingerprint density at radius 3 is 2.43 bits per heavy atom. The number of hydrogen-bond acceptors (Lipinski definition) is 2. The first-order valence-electron chi connectivity index (χ1n) is 8.04. The van der Waals surface area contributed by atoms with Gasteiger partial charge in [-0.15, -0.1) is 0 Å². The zero-order valence-corrected chi connectivity index (χ0v) is 13.7. The van der Waals surface area contributed by atoms with Crippen molar-refractivity contribution in [1.29, 1.82) is 0 Å². The van der Waals surface area contributed by atoms with Gasteiger partial charge in [0.25, 0.3) is 0 Å². The molecule has 0 amide bonds. The third kappa shape index (κ3) is 2.58. The van der Waals surface area contributed by atoms with Crippen LogP contribution in [0.3, 0.4) is 0 Å². The number of rotatable bonds is 5. The molecule has 0 aromatic heterocycles. The lowest BCUT2D eigenvalue weighted by atomic mass is 9.81. The van der Waals surface area contributed by atoms with Crippen LogP contribution in [-0.4, -0.2) is 37.1 Å². The Bertz CT molecular complexity index is 647. The van der Waals surface area contributed by atoms with E-state index >= 15 is 0 Å². The van der Waals surface area contributed by atoms with Crippen molar-refractivity contribution in [3.8, 4) is 0 Å². The van der Waals surface area contributed by atoms with Crippen LogP contribution >= 0.6 is 0 Å². The quantitative estimate of drug-likeness (QED) is 0.769. The number of fused-ring (bicyclic) bond motifs is 3. The minimum absolute atomic E-state index is 0.440. The Labute approximate surface area is 128 Å². The van der Waals surface area contributed by atoms with Crippen molar-refractivity contribution in [3.63, 3.8) is 0 Å². The van der Waals surface area contributed by atoms with Crippen molar-refractivity contribution in [1.82, 2.24) is 9.80 Å². The number of nitrogens with zero attached hydrogens (tertiary/aromatic N) is 2. The molecule has 21 heavy (non-hydrogen) atoms. The number of aryl methyl sites for hydroxylation is 2. The molecular weight excluding hydrogens is 256 g/mol. The molecule has 2 aromatic rings. The van der Waals surface area contributed by atoms with Gasteiger partial charge in [0.2, 0.25) is 0 Å². The molecule has 2 nitrogen and oxygen atoms in total. The molecule has 0 heterocycles. The first-order chi connectivity index (χ1) is 10.1. The molecule has 0 radical (unpaired) electrons. The van der Waals surface area contributed by atoms with E-state index in [4.69, 9.17) is 0 Å². The van der Waals surface area contributed by atoms with E-state index in [9.17, 15) is 0 Å². The molecule has 1 aliphatic carbocycles. The summed E-state index contributed by atoms with van der Waals surface area (Å²) >= 11 is 0. The summed E-state index contributed by atoms with van der Waals surface area (Å²) in [5, 5.41) is 2.91. The zero-order valence-electron chi connectivity index (χ0n) is 13.7. The van der Waals surface area contributed by atoms with Gasteiger partial charge < -0.3 is 0 Å². The Morgan fingerprint density at radius 1 is 1.10 bits per heavy atom. The molecule has 112 valence electrons. The molecule has 1 unspecified atom stereocenters. The van der Waals surface area contributed by atoms with Crippen molar-refractivity contribution in [2.24, 2.45) is 0 Å². The fourth-order valence-electron chi connectivity index (χ4n) is 3.31. The molecular formula is C19H26N2. The van der Waals surface area contributed by atoms with E-state index < -0.39 is 0 Å². The largest absolute Gasteiger partial charge is 0.294 e. The van der Waals surface area contributed by atoms with E-state index in [1.165, 1.54) is 29.2 Å². The smallest absolute Gasteiger partial charge is 0.0506 e. The lowest BCUT2D eigenvalue weighted by Gasteiger charge is -2.32. The summed E-state index contributed by atoms with van der Waals surface area (Å²) in [6, 6.07) is 11.8. The Hall–Kier alpha value is -1.38. The van der Waals surface area contributed by atoms with Gasteiger partial charge in [-0.2, -0.15) is 0 Å². The molecule has 0 fully saturated rings. The van der Waals surface area contributed by atoms with Gasteiger partial charge in [-0.05, 0) is 67.9 Å². The minimum Gasteiger partial charge on any atom is -0.294 e. The first-order valence-corrected chi connectivity index (χ1v) is 8.04. The first kappa shape index (κ1) is 14.6. The lowest BCUT2D eigenvalue weighted by Crippen LogP contribution is -2.34. The number of hydrogen-bond donors (Lipinski definition) is 0. The van der Waals surface area contributed by atoms with Crippen LogP contribution in [0.25, 0.3) is 10.8 Å². The second kappa shape index (κ2) is 5.78. The summed E-state index contributed by atoms with van der Waals surface area (Å²) in [5.74, 6) is 0. The maximum Gasteiger partial charge on any atom is 0.0506 e. The maximum atomic E-state index is 2.45. The Balaban J connectivity index is 1.98. The Morgan fingerprint density at radius 2 is 1.81 bits per heavy atom. The summed E-state index contributed by atoms with van der Waals surface area (Å²) in [6.45, 7) is 6.63. The molecule has 0 saturated heterocycles. The molecule has 2 aromatic carbocycles. The van der Waals surface area contributed by atoms with Crippen LogP contribution < -0.4 is 0 Å². The van der Waals surface area contributed by atoms with E-state index in [2.05, 4.69) is 68.1 Å². The third-order valence-corrected chi connectivity index (χ3v) is 5.04. The second-order valence-corrected chi connectivity index (χ2v) is 6.40. The molecule has 2 heteroatoms. The summed E-state index contributed by atoms with van der Waals surface area (Å²) < 4.78 is 0. The van der Waals surface area contributed by atoms with Gasteiger partial charge in [-0.25, -0.2) is 0 Å². The van der Waals surface area contributed by atoms with Gasteiger partial charge >= 0.3 is 0 Å². The summed E-state index contributed by atoms with van der Waals surface area (Å²) in [7, 11) is 4.41. The maximum absolute atomic E-state index is 2.45. The average molecular weight is 282 g/mol. The van der Waals surface area contributed by atoms with E-state index in [0.717, 1.165) is 13.2 Å². The number of benzene rings is 2. The van der Waals surface area contributed by atoms with Crippen LogP contribution in [0, 0.1) is 0 Å². The van der Waals surface area contributed by atoms with Crippen LogP contribution in [0.4, 0.5) is 0 Å². The highest BCUT2D eigenvalue weighted by Crippen LogP contribution is 2.37. The molecule has 0 spiro atoms. The Kier molecular flexibility index (Phi) is 4.01. The highest BCUT2D eigenvalue weighted by atomic mass is 15.3. The van der Waals surface area contributed by atoms with Crippen molar-refractivity contribution in [2.45, 2.75) is 32.7 Å². The zero-order chi connectivity index (χ0) is 15.0. The molecule has 0 aliphatic heterocycles. The van der Waals surface area contributed by atoms with Gasteiger partial charge in [-0.1, -0.05) is 37.3 Å². The summed E-state index contributed by atoms with van der Waals surface area (Å²) in [6.07, 6.45) is 2.50. The standard InChI is InChI=1S/C19H26N2/c1-5-20(3)13-21(4)14(2)19-12-15-10-11-16(15)17-8-6-7-9-18(17)19/h6-9,12,14H,5,10-11,13H2,1-4H3. The van der Waals surface area contributed by atoms with E-state index in [1.54, 1.807) is 11.1 Å². The highest BCUT2D eigenvalue weighted by molar-refractivity contribution is 5.91. The molecule has 1 atom stereocenters. The van der Waals surface area contributed by atoms with E-state index in [-0.39, 0.29) is 0 Å². The predicted octanol–water partition coefficient (Wildman–Crippen LogP) is 3.84. The lowest BCUT2D eigenvalue weighted by molar-refractivity contribution is 0.152. The molecule has 3 rings (SSSR count). The molecule has 1 aliphatic rings. The minimum atomic E-state index is 0.440. The van der Waals surface area contributed by atoms with Crippen LogP contribution in [0.15, 0.2) is 30.3 Å². The van der Waals surface area contributed by atoms with Gasteiger partial charge in [0.15, 0.2) is 0 Å². The highest BCUT2D eigenvalue weighted by Gasteiger charge is 2.22. The monoisotopic (exact) mass is 282 g/mol. The van der Waals surface area contributed by atoms with Crippen LogP contribution in [0.5, 0.6) is 0 Å². The normalized spacial score (nSPS) is 15.3. The second-order valence-electron chi connectivity index (χ2n) is 6.40. The topological polar surface area (TPSA) is 6.48 Å². The van der Waals surface area contributed by atoms with Crippen molar-refractivity contribution >= 4 is 10.8 Å². The molecule has 0 bridgehead atoms. The van der Waals surface area contributed by atoms with Crippen molar-refractivity contribution < 1.29 is 0 Å². The van der Waals surface area contributed by atoms with E-state index in [1.807, 2.05) is 0 Å². The van der Waals surface area contributed by atoms with Gasteiger partial charge in [0.1, 0.15) is 0 Å². The van der Waals surface area contributed by atoms with Crippen LogP contribution in [0.1, 0.15) is 36.6 Å². The van der Waals surface area contributed by atoms with Gasteiger partial charge in [-0.3, -0.25) is 9.80 Å². The predicted molar refractivity (Wildman–Crippen MR) is 90.7 cm³/mol. The molecule has 0 N–H and O–H groups in total. The SMILES string of the molecule is CCN(C)CN(C)C(C)c1cc2c(c3ccccc13)CC2. The van der Waals surface area contributed by atoms with Gasteiger partial charge in [0, 0.05) is 6.04 Å². The third-order valence-electron chi connectivity index (χ3n) is 5.04. The van der Waals surface area contributed by atoms with E-state index in [0.29, 0.717) is 6.04 Å². The van der Waals surface area contributed by atoms with Crippen LogP contribution in [-0.2, 0) is 12.8 Å². The average Bonchev–Trinajstić information content (AvgIpc) is 2.46.